The van der Waals surface area contributed by atoms with Crippen LogP contribution in [0, 0.1) is 5.92 Å². The standard InChI is InChI=1S/C5H8ClF3/c1-3(4(2)6)5(7,8)9/h3-4H,1-2H3/t3-,4?/m1/s1. The van der Waals surface area contributed by atoms with Gasteiger partial charge in [0, 0.05) is 5.38 Å². The molecule has 0 nitrogen and oxygen atoms in total. The summed E-state index contributed by atoms with van der Waals surface area (Å²) < 4.78 is 34.8. The smallest absolute Gasteiger partial charge is 0.171 e. The maximum absolute atomic E-state index is 11.6. The number of rotatable bonds is 1. The Balaban J connectivity index is 3.88. The fourth-order valence-corrected chi connectivity index (χ4v) is 0.403. The Labute approximate surface area is 57.0 Å². The summed E-state index contributed by atoms with van der Waals surface area (Å²) in [6.07, 6.45) is -4.15. The van der Waals surface area contributed by atoms with Crippen molar-refractivity contribution in [3.05, 3.63) is 0 Å². The molecule has 4 heteroatoms. The molecule has 56 valence electrons. The van der Waals surface area contributed by atoms with Crippen molar-refractivity contribution < 1.29 is 13.2 Å². The highest BCUT2D eigenvalue weighted by Gasteiger charge is 2.38. The summed E-state index contributed by atoms with van der Waals surface area (Å²) in [5.41, 5.74) is 0. The summed E-state index contributed by atoms with van der Waals surface area (Å²) >= 11 is 5.19. The third kappa shape index (κ3) is 2.94. The van der Waals surface area contributed by atoms with E-state index in [4.69, 9.17) is 11.6 Å². The molecule has 0 saturated carbocycles. The van der Waals surface area contributed by atoms with Gasteiger partial charge in [-0.1, -0.05) is 6.92 Å². The second kappa shape index (κ2) is 2.78. The summed E-state index contributed by atoms with van der Waals surface area (Å²) in [4.78, 5) is 0. The van der Waals surface area contributed by atoms with Crippen molar-refractivity contribution in [3.8, 4) is 0 Å². The monoisotopic (exact) mass is 160 g/mol. The third-order valence-corrected chi connectivity index (χ3v) is 1.58. The Morgan fingerprint density at radius 3 is 1.56 bits per heavy atom. The minimum atomic E-state index is -4.15. The van der Waals surface area contributed by atoms with Gasteiger partial charge in [0.2, 0.25) is 0 Å². The predicted octanol–water partition coefficient (Wildman–Crippen LogP) is 2.81. The molecule has 0 N–H and O–H groups in total. The summed E-state index contributed by atoms with van der Waals surface area (Å²) in [7, 11) is 0. The van der Waals surface area contributed by atoms with Crippen LogP contribution in [0.2, 0.25) is 0 Å². The molecule has 1 unspecified atom stereocenters. The van der Waals surface area contributed by atoms with Crippen LogP contribution in [0.4, 0.5) is 13.2 Å². The Hall–Kier alpha value is 0.0800. The van der Waals surface area contributed by atoms with E-state index in [1.165, 1.54) is 6.92 Å². The molecule has 0 amide bonds. The van der Waals surface area contributed by atoms with Gasteiger partial charge in [-0.05, 0) is 6.92 Å². The molecule has 0 aliphatic carbocycles. The van der Waals surface area contributed by atoms with Gasteiger partial charge in [-0.25, -0.2) is 0 Å². The zero-order chi connectivity index (χ0) is 7.65. The van der Waals surface area contributed by atoms with Crippen LogP contribution in [0.15, 0.2) is 0 Å². The maximum Gasteiger partial charge on any atom is 0.392 e. The van der Waals surface area contributed by atoms with Crippen LogP contribution in [-0.2, 0) is 0 Å². The highest BCUT2D eigenvalue weighted by Crippen LogP contribution is 2.30. The van der Waals surface area contributed by atoms with Gasteiger partial charge in [-0.2, -0.15) is 13.2 Å². The van der Waals surface area contributed by atoms with Crippen molar-refractivity contribution in [2.45, 2.75) is 25.4 Å². The van der Waals surface area contributed by atoms with Crippen LogP contribution < -0.4 is 0 Å². The number of hydrogen-bond donors (Lipinski definition) is 0. The summed E-state index contributed by atoms with van der Waals surface area (Å²) in [6, 6.07) is 0. The maximum atomic E-state index is 11.6. The lowest BCUT2D eigenvalue weighted by Crippen LogP contribution is -2.26. The van der Waals surface area contributed by atoms with E-state index in [0.29, 0.717) is 0 Å². The molecule has 9 heavy (non-hydrogen) atoms. The second-order valence-corrected chi connectivity index (χ2v) is 2.70. The van der Waals surface area contributed by atoms with Crippen molar-refractivity contribution >= 4 is 11.6 Å². The Bertz CT molecular complexity index is 86.7. The van der Waals surface area contributed by atoms with Gasteiger partial charge in [0.15, 0.2) is 0 Å². The lowest BCUT2D eigenvalue weighted by atomic mass is 10.1. The molecule has 0 saturated heterocycles. The third-order valence-electron chi connectivity index (χ3n) is 1.21. The van der Waals surface area contributed by atoms with Gasteiger partial charge in [0.25, 0.3) is 0 Å². The Kier molecular flexibility index (Phi) is 2.80. The highest BCUT2D eigenvalue weighted by atomic mass is 35.5. The fraction of sp³-hybridized carbons (Fsp3) is 1.00. The van der Waals surface area contributed by atoms with Crippen LogP contribution >= 0.6 is 11.6 Å². The van der Waals surface area contributed by atoms with Crippen LogP contribution in [0.5, 0.6) is 0 Å². The van der Waals surface area contributed by atoms with E-state index in [0.717, 1.165) is 6.92 Å². The SMILES string of the molecule is CC(Cl)[C@@H](C)C(F)(F)F. The summed E-state index contributed by atoms with van der Waals surface area (Å²) in [5.74, 6) is -1.42. The zero-order valence-corrected chi connectivity index (χ0v) is 5.92. The molecule has 0 aliphatic heterocycles. The zero-order valence-electron chi connectivity index (χ0n) is 5.17. The van der Waals surface area contributed by atoms with Gasteiger partial charge in [-0.15, -0.1) is 11.6 Å². The lowest BCUT2D eigenvalue weighted by molar-refractivity contribution is -0.168. The first-order chi connectivity index (χ1) is 3.85. The molecule has 0 radical (unpaired) electrons. The van der Waals surface area contributed by atoms with E-state index in [-0.39, 0.29) is 0 Å². The van der Waals surface area contributed by atoms with E-state index in [2.05, 4.69) is 0 Å². The van der Waals surface area contributed by atoms with E-state index in [9.17, 15) is 13.2 Å². The van der Waals surface area contributed by atoms with Gasteiger partial charge in [0.1, 0.15) is 0 Å². The average molecular weight is 161 g/mol. The van der Waals surface area contributed by atoms with Crippen molar-refractivity contribution in [1.82, 2.24) is 0 Å². The van der Waals surface area contributed by atoms with Crippen molar-refractivity contribution in [3.63, 3.8) is 0 Å². The molecule has 0 aliphatic rings. The molecule has 0 fully saturated rings. The fourth-order valence-electron chi connectivity index (χ4n) is 0.260. The molecular weight excluding hydrogens is 153 g/mol. The Morgan fingerprint density at radius 2 is 1.56 bits per heavy atom. The molecule has 0 aromatic rings. The van der Waals surface area contributed by atoms with Gasteiger partial charge >= 0.3 is 6.18 Å². The number of hydrogen-bond acceptors (Lipinski definition) is 0. The van der Waals surface area contributed by atoms with Gasteiger partial charge in [0.05, 0.1) is 5.92 Å². The molecule has 0 rings (SSSR count). The molecular formula is C5H8ClF3. The van der Waals surface area contributed by atoms with Crippen LogP contribution in [-0.4, -0.2) is 11.6 Å². The largest absolute Gasteiger partial charge is 0.392 e. The van der Waals surface area contributed by atoms with Crippen molar-refractivity contribution in [2.24, 2.45) is 5.92 Å². The van der Waals surface area contributed by atoms with Crippen LogP contribution in [0.25, 0.3) is 0 Å². The first-order valence-corrected chi connectivity index (χ1v) is 3.00. The minimum absolute atomic E-state index is 0.843. The summed E-state index contributed by atoms with van der Waals surface area (Å²) in [6.45, 7) is 2.40. The first-order valence-electron chi connectivity index (χ1n) is 2.56. The average Bonchev–Trinajstić information content (AvgIpc) is 1.62. The number of alkyl halides is 4. The quantitative estimate of drug-likeness (QED) is 0.518. The number of halogens is 4. The normalized spacial score (nSPS) is 19.3. The van der Waals surface area contributed by atoms with Crippen molar-refractivity contribution in [2.75, 3.05) is 0 Å². The molecule has 0 spiro atoms. The molecule has 0 aromatic heterocycles. The van der Waals surface area contributed by atoms with Crippen molar-refractivity contribution in [1.29, 1.82) is 0 Å². The van der Waals surface area contributed by atoms with Gasteiger partial charge < -0.3 is 0 Å². The molecule has 0 aromatic carbocycles. The molecule has 2 atom stereocenters. The summed E-state index contributed by atoms with van der Waals surface area (Å²) in [5, 5.41) is -0.843. The van der Waals surface area contributed by atoms with E-state index in [1.807, 2.05) is 0 Å². The van der Waals surface area contributed by atoms with E-state index < -0.39 is 17.5 Å². The predicted molar refractivity (Wildman–Crippen MR) is 30.5 cm³/mol. The van der Waals surface area contributed by atoms with Crippen LogP contribution in [0.3, 0.4) is 0 Å². The highest BCUT2D eigenvalue weighted by molar-refractivity contribution is 6.20. The van der Waals surface area contributed by atoms with Crippen LogP contribution in [0.1, 0.15) is 13.8 Å². The lowest BCUT2D eigenvalue weighted by Gasteiger charge is -2.16. The topological polar surface area (TPSA) is 0 Å². The van der Waals surface area contributed by atoms with Gasteiger partial charge in [-0.3, -0.25) is 0 Å². The Morgan fingerprint density at radius 1 is 1.22 bits per heavy atom. The second-order valence-electron chi connectivity index (χ2n) is 2.01. The molecule has 0 heterocycles. The minimum Gasteiger partial charge on any atom is -0.171 e. The molecule has 0 bridgehead atoms. The first kappa shape index (κ1) is 9.08. The van der Waals surface area contributed by atoms with E-state index in [1.54, 1.807) is 0 Å². The van der Waals surface area contributed by atoms with E-state index >= 15 is 0 Å².